The van der Waals surface area contributed by atoms with Gasteiger partial charge in [-0.05, 0) is 29.7 Å². The third-order valence-electron chi connectivity index (χ3n) is 6.73. The first-order valence-electron chi connectivity index (χ1n) is 11.3. The first-order chi connectivity index (χ1) is 17.4. The van der Waals surface area contributed by atoms with Gasteiger partial charge in [0.05, 0.1) is 38.6 Å². The van der Waals surface area contributed by atoms with Crippen molar-refractivity contribution in [3.8, 4) is 5.69 Å². The van der Waals surface area contributed by atoms with Crippen molar-refractivity contribution in [1.29, 1.82) is 0 Å². The molecule has 0 aliphatic heterocycles. The molecule has 0 amide bonds. The zero-order valence-corrected chi connectivity index (χ0v) is 18.9. The Hall–Kier alpha value is -5.04. The number of hydrogen-bond donors (Lipinski definition) is 2. The summed E-state index contributed by atoms with van der Waals surface area (Å²) in [5.74, 6) is 0. The normalized spacial score (nSPS) is 11.6. The molecule has 4 N–H and O–H groups in total. The molecule has 1 heterocycles. The minimum absolute atomic E-state index is 0.129. The molecular weight excluding hydrogens is 454 g/mol. The summed E-state index contributed by atoms with van der Waals surface area (Å²) in [6, 6.07) is 23.3. The quantitative estimate of drug-likeness (QED) is 0.231. The van der Waals surface area contributed by atoms with Gasteiger partial charge in [-0.1, -0.05) is 66.7 Å². The van der Waals surface area contributed by atoms with Gasteiger partial charge in [0.15, 0.2) is 10.9 Å². The van der Waals surface area contributed by atoms with E-state index in [1.54, 1.807) is 24.3 Å². The van der Waals surface area contributed by atoms with Gasteiger partial charge in [-0.25, -0.2) is 4.57 Å². The van der Waals surface area contributed by atoms with Crippen molar-refractivity contribution < 1.29 is 0 Å². The lowest BCUT2D eigenvalue weighted by Gasteiger charge is -2.07. The van der Waals surface area contributed by atoms with Crippen LogP contribution in [0.1, 0.15) is 11.1 Å². The lowest BCUT2D eigenvalue weighted by molar-refractivity contribution is 0.988. The van der Waals surface area contributed by atoms with Gasteiger partial charge in [0.25, 0.3) is 11.1 Å². The van der Waals surface area contributed by atoms with E-state index in [4.69, 9.17) is 11.5 Å². The van der Waals surface area contributed by atoms with Crippen molar-refractivity contribution in [2.45, 2.75) is 6.42 Å². The molecule has 6 aromatic rings. The monoisotopic (exact) mass is 473 g/mol. The Morgan fingerprint density at radius 1 is 0.528 bits per heavy atom. The van der Waals surface area contributed by atoms with E-state index in [9.17, 15) is 19.2 Å². The molecule has 0 saturated carbocycles. The predicted molar refractivity (Wildman–Crippen MR) is 144 cm³/mol. The Morgan fingerprint density at radius 3 is 1.47 bits per heavy atom. The molecule has 6 rings (SSSR count). The molecular formula is C29H19N3O4. The molecule has 174 valence electrons. The van der Waals surface area contributed by atoms with Crippen LogP contribution in [0.2, 0.25) is 0 Å². The number of nitrogens with zero attached hydrogens (tertiary/aromatic N) is 1. The smallest absolute Gasteiger partial charge is 0.268 e. The second-order valence-electron chi connectivity index (χ2n) is 8.81. The lowest BCUT2D eigenvalue weighted by Crippen LogP contribution is -2.23. The molecule has 0 atom stereocenters. The molecule has 0 bridgehead atoms. The zero-order valence-electron chi connectivity index (χ0n) is 18.9. The average Bonchev–Trinajstić information content (AvgIpc) is 3.16. The maximum atomic E-state index is 13.4. The zero-order chi connectivity index (χ0) is 25.1. The summed E-state index contributed by atoms with van der Waals surface area (Å²) in [6.07, 6.45) is 0.695. The Morgan fingerprint density at radius 2 is 0.972 bits per heavy atom. The minimum Gasteiger partial charge on any atom is -0.397 e. The van der Waals surface area contributed by atoms with Gasteiger partial charge in [-0.3, -0.25) is 19.2 Å². The Bertz CT molecular complexity index is 1950. The fourth-order valence-corrected chi connectivity index (χ4v) is 5.00. The molecule has 0 spiro atoms. The van der Waals surface area contributed by atoms with Crippen LogP contribution in [-0.2, 0) is 6.42 Å². The molecule has 0 fully saturated rings. The van der Waals surface area contributed by atoms with E-state index in [0.717, 1.165) is 15.7 Å². The van der Waals surface area contributed by atoms with Crippen LogP contribution < -0.4 is 33.4 Å². The molecule has 0 aliphatic carbocycles. The highest BCUT2D eigenvalue weighted by molar-refractivity contribution is 6.20. The summed E-state index contributed by atoms with van der Waals surface area (Å²) in [5, 5.41) is -0.185. The van der Waals surface area contributed by atoms with Gasteiger partial charge in [0.1, 0.15) is 0 Å². The van der Waals surface area contributed by atoms with Crippen molar-refractivity contribution in [2.24, 2.45) is 0 Å². The van der Waals surface area contributed by atoms with Gasteiger partial charge >= 0.3 is 0 Å². The molecule has 0 radical (unpaired) electrons. The van der Waals surface area contributed by atoms with E-state index in [-0.39, 0.29) is 43.7 Å². The van der Waals surface area contributed by atoms with Gasteiger partial charge in [-0.15, -0.1) is 0 Å². The molecule has 0 unspecified atom stereocenters. The van der Waals surface area contributed by atoms with Gasteiger partial charge in [0.2, 0.25) is 0 Å². The Kier molecular flexibility index (Phi) is 4.62. The van der Waals surface area contributed by atoms with E-state index in [1.807, 2.05) is 42.5 Å². The molecule has 0 saturated heterocycles. The van der Waals surface area contributed by atoms with E-state index < -0.39 is 22.0 Å². The largest absolute Gasteiger partial charge is 0.397 e. The van der Waals surface area contributed by atoms with Crippen LogP contribution >= 0.6 is 0 Å². The first-order valence-corrected chi connectivity index (χ1v) is 11.3. The summed E-state index contributed by atoms with van der Waals surface area (Å²) in [5.41, 5.74) is 12.3. The number of benzene rings is 5. The van der Waals surface area contributed by atoms with Gasteiger partial charge in [-0.2, -0.15) is 0 Å². The van der Waals surface area contributed by atoms with Gasteiger partial charge in [0, 0.05) is 10.8 Å². The highest BCUT2D eigenvalue weighted by Gasteiger charge is 2.25. The van der Waals surface area contributed by atoms with Crippen LogP contribution in [0, 0.1) is 0 Å². The highest BCUT2D eigenvalue weighted by Crippen LogP contribution is 2.31. The average molecular weight is 473 g/mol. The third kappa shape index (κ3) is 2.93. The van der Waals surface area contributed by atoms with E-state index >= 15 is 0 Å². The number of nitrogen functional groups attached to an aromatic ring is 2. The molecule has 36 heavy (non-hydrogen) atoms. The van der Waals surface area contributed by atoms with Crippen LogP contribution in [0.4, 0.5) is 11.4 Å². The molecule has 7 heteroatoms. The predicted octanol–water partition coefficient (Wildman–Crippen LogP) is 3.01. The van der Waals surface area contributed by atoms with Crippen LogP contribution in [0.5, 0.6) is 0 Å². The molecule has 1 aromatic heterocycles. The second kappa shape index (κ2) is 7.74. The fourth-order valence-electron chi connectivity index (χ4n) is 5.00. The van der Waals surface area contributed by atoms with Crippen LogP contribution in [0.15, 0.2) is 98.0 Å². The standard InChI is InChI=1S/C29H19N3O4/c30-24-20-21(27(34)19-9-5-4-8-18(19)26(20)33)25(31)23-22(24)28(35)32(29(23)36)17-12-10-16(11-13-17)14-15-6-2-1-3-7-15/h1-13H,14,30-31H2. The van der Waals surface area contributed by atoms with Crippen molar-refractivity contribution in [3.05, 3.63) is 131 Å². The summed E-state index contributed by atoms with van der Waals surface area (Å²) in [4.78, 5) is 53.4. The number of nitrogens with two attached hydrogens (primary N) is 2. The van der Waals surface area contributed by atoms with Gasteiger partial charge < -0.3 is 11.5 Å². The maximum absolute atomic E-state index is 13.4. The van der Waals surface area contributed by atoms with E-state index in [2.05, 4.69) is 0 Å². The number of rotatable bonds is 3. The second-order valence-corrected chi connectivity index (χ2v) is 8.81. The number of aromatic nitrogens is 1. The van der Waals surface area contributed by atoms with Crippen molar-refractivity contribution in [3.63, 3.8) is 0 Å². The lowest BCUT2D eigenvalue weighted by atomic mass is 9.97. The minimum atomic E-state index is -0.683. The number of hydrogen-bond acceptors (Lipinski definition) is 6. The summed E-state index contributed by atoms with van der Waals surface area (Å²) >= 11 is 0. The number of anilines is 2. The highest BCUT2D eigenvalue weighted by atomic mass is 16.2. The third-order valence-corrected chi connectivity index (χ3v) is 6.73. The Balaban J connectivity index is 1.62. The van der Waals surface area contributed by atoms with Crippen LogP contribution in [0.25, 0.3) is 38.0 Å². The summed E-state index contributed by atoms with van der Waals surface area (Å²) in [7, 11) is 0. The van der Waals surface area contributed by atoms with Crippen molar-refractivity contribution >= 4 is 43.7 Å². The topological polar surface area (TPSA) is 125 Å². The van der Waals surface area contributed by atoms with E-state index in [0.29, 0.717) is 12.1 Å². The van der Waals surface area contributed by atoms with Crippen molar-refractivity contribution in [1.82, 2.24) is 4.57 Å². The maximum Gasteiger partial charge on any atom is 0.268 e. The van der Waals surface area contributed by atoms with Crippen molar-refractivity contribution in [2.75, 3.05) is 11.5 Å². The molecule has 5 aromatic carbocycles. The summed E-state index contributed by atoms with van der Waals surface area (Å²) in [6.45, 7) is 0. The van der Waals surface area contributed by atoms with Crippen LogP contribution in [-0.4, -0.2) is 4.57 Å². The molecule has 0 aliphatic rings. The van der Waals surface area contributed by atoms with Crippen LogP contribution in [0.3, 0.4) is 0 Å². The van der Waals surface area contributed by atoms with E-state index in [1.165, 1.54) is 12.1 Å². The molecule has 7 nitrogen and oxygen atoms in total. The fraction of sp³-hybridized carbons (Fsp3) is 0.0345. The Labute approximate surface area is 203 Å². The summed E-state index contributed by atoms with van der Waals surface area (Å²) < 4.78 is 0.983. The number of fused-ring (bicyclic) bond motifs is 3. The first kappa shape index (κ1) is 21.5. The SMILES string of the molecule is Nc1c2c(=O)c3ccccc3c(=O)c2c(N)c2c(=O)n(-c3ccc(Cc4ccccc4)cc3)c(=O)c12.